The van der Waals surface area contributed by atoms with Crippen LogP contribution < -0.4 is 64.8 Å². The van der Waals surface area contributed by atoms with Gasteiger partial charge in [-0.1, -0.05) is 0 Å². The quantitative estimate of drug-likeness (QED) is 0.119. The Morgan fingerprint density at radius 2 is 1.32 bits per heavy atom. The first-order valence-electron chi connectivity index (χ1n) is 8.09. The van der Waals surface area contributed by atoms with Crippen LogP contribution in [0.4, 0.5) is 17.1 Å². The van der Waals surface area contributed by atoms with E-state index in [1.165, 1.54) is 0 Å². The number of nitrogens with two attached hydrogens (primary N) is 1. The maximum absolute atomic E-state index is 11.8. The largest absolute Gasteiger partial charge is 1.00 e. The molecule has 0 bridgehead atoms. The summed E-state index contributed by atoms with van der Waals surface area (Å²) in [5, 5.41) is 17.2. The van der Waals surface area contributed by atoms with Crippen molar-refractivity contribution in [3.05, 3.63) is 42.5 Å². The molecule has 0 aliphatic carbocycles. The van der Waals surface area contributed by atoms with E-state index in [0.717, 1.165) is 42.5 Å². The van der Waals surface area contributed by atoms with Gasteiger partial charge in [0.2, 0.25) is 0 Å². The van der Waals surface area contributed by atoms with E-state index in [1.807, 2.05) is 0 Å². The summed E-state index contributed by atoms with van der Waals surface area (Å²) in [5.74, 6) is -0.898. The van der Waals surface area contributed by atoms with Crippen LogP contribution in [0.5, 0.6) is 5.75 Å². The van der Waals surface area contributed by atoms with Crippen molar-refractivity contribution in [2.24, 2.45) is 10.2 Å². The van der Waals surface area contributed by atoms with Gasteiger partial charge in [0.1, 0.15) is 30.8 Å². The first-order chi connectivity index (χ1) is 14.6. The number of nitrogens with zero attached hydrogens (tertiary/aromatic N) is 2. The van der Waals surface area contributed by atoms with E-state index < -0.39 is 62.2 Å². The molecule has 3 aromatic rings. The summed E-state index contributed by atoms with van der Waals surface area (Å²) >= 11 is 0. The Bertz CT molecular complexity index is 1610. The number of anilines is 1. The number of hydrogen-bond acceptors (Lipinski definition) is 12. The standard InChI is InChI=1S/C16H13N3O10S3.2Na/c17-12-7-11(31(24,25)26)5-8-6-13(32(27,28)29)15(16(20)14(8)12)19-18-9-1-3-10(4-2-9)30(21,22)23;;/h1-7,20H,17H2,(H,21,22,23)(H,24,25,26)(H,27,28,29);;/q;2*+1/p-2. The van der Waals surface area contributed by atoms with Crippen LogP contribution in [-0.4, -0.2) is 44.0 Å². The molecule has 0 amide bonds. The van der Waals surface area contributed by atoms with Crippen LogP contribution in [0.15, 0.2) is 67.4 Å². The molecule has 0 saturated heterocycles. The van der Waals surface area contributed by atoms with E-state index in [1.54, 1.807) is 0 Å². The Labute approximate surface area is 237 Å². The molecule has 0 aliphatic heterocycles. The van der Waals surface area contributed by atoms with Gasteiger partial charge in [0.25, 0.3) is 10.1 Å². The van der Waals surface area contributed by atoms with Crippen LogP contribution in [0.2, 0.25) is 0 Å². The summed E-state index contributed by atoms with van der Waals surface area (Å²) in [6.45, 7) is 0. The Morgan fingerprint density at radius 1 is 0.794 bits per heavy atom. The predicted octanol–water partition coefficient (Wildman–Crippen LogP) is -4.39. The van der Waals surface area contributed by atoms with E-state index >= 15 is 0 Å². The van der Waals surface area contributed by atoms with Crippen molar-refractivity contribution in [3.8, 4) is 5.75 Å². The maximum atomic E-state index is 11.8. The third-order valence-electron chi connectivity index (χ3n) is 4.11. The molecule has 0 unspecified atom stereocenters. The van der Waals surface area contributed by atoms with E-state index in [2.05, 4.69) is 10.2 Å². The van der Waals surface area contributed by atoms with Crippen LogP contribution >= 0.6 is 0 Å². The second-order valence-electron chi connectivity index (χ2n) is 6.26. The number of azo groups is 1. The molecule has 0 saturated carbocycles. The van der Waals surface area contributed by atoms with Crippen molar-refractivity contribution >= 4 is 58.2 Å². The van der Waals surface area contributed by atoms with Crippen molar-refractivity contribution in [2.75, 3.05) is 5.73 Å². The van der Waals surface area contributed by atoms with E-state index in [0.29, 0.717) is 0 Å². The minimum absolute atomic E-state index is 0. The molecule has 0 aromatic heterocycles. The van der Waals surface area contributed by atoms with Gasteiger partial charge < -0.3 is 19.9 Å². The molecular formula is C16H11N3Na2O10S3. The fourth-order valence-electron chi connectivity index (χ4n) is 2.72. The number of phenols is 1. The first kappa shape index (κ1) is 30.9. The van der Waals surface area contributed by atoms with Gasteiger partial charge in [-0.2, -0.15) is 13.5 Å². The zero-order chi connectivity index (χ0) is 24.1. The average Bonchev–Trinajstić information content (AvgIpc) is 2.64. The summed E-state index contributed by atoms with van der Waals surface area (Å²) in [5.41, 5.74) is 4.48. The first-order valence-corrected chi connectivity index (χ1v) is 12.3. The van der Waals surface area contributed by atoms with Crippen LogP contribution in [0, 0.1) is 0 Å². The Hall–Kier alpha value is -1.15. The Kier molecular flexibility index (Phi) is 9.86. The summed E-state index contributed by atoms with van der Waals surface area (Å²) in [6.07, 6.45) is 0. The normalized spacial score (nSPS) is 12.3. The Morgan fingerprint density at radius 3 is 1.79 bits per heavy atom. The third kappa shape index (κ3) is 6.74. The van der Waals surface area contributed by atoms with Crippen molar-refractivity contribution in [3.63, 3.8) is 0 Å². The van der Waals surface area contributed by atoms with Gasteiger partial charge in [-0.15, -0.1) is 5.11 Å². The Balaban J connectivity index is 0.00000289. The third-order valence-corrected chi connectivity index (χ3v) is 6.64. The number of phenolic OH excluding ortho intramolecular Hbond substituents is 1. The van der Waals surface area contributed by atoms with Gasteiger partial charge in [-0.25, -0.2) is 16.8 Å². The van der Waals surface area contributed by atoms with Crippen molar-refractivity contribution < 1.29 is 103 Å². The molecule has 0 spiro atoms. The minimum Gasteiger partial charge on any atom is -0.744 e. The van der Waals surface area contributed by atoms with E-state index in [9.17, 15) is 44.0 Å². The second-order valence-corrected chi connectivity index (χ2v) is 10.4. The van der Waals surface area contributed by atoms with Crippen LogP contribution in [-0.2, 0) is 30.4 Å². The van der Waals surface area contributed by atoms with Crippen LogP contribution in [0.3, 0.4) is 0 Å². The number of fused-ring (bicyclic) bond motifs is 1. The zero-order valence-corrected chi connectivity index (χ0v) is 23.8. The predicted molar refractivity (Wildman–Crippen MR) is 106 cm³/mol. The van der Waals surface area contributed by atoms with Gasteiger partial charge in [-0.05, 0) is 47.9 Å². The topological polar surface area (TPSA) is 240 Å². The molecule has 3 aromatic carbocycles. The molecule has 0 radical (unpaired) electrons. The number of benzene rings is 3. The molecule has 170 valence electrons. The zero-order valence-electron chi connectivity index (χ0n) is 17.4. The fraction of sp³-hybridized carbons (Fsp3) is 0. The molecule has 4 N–H and O–H groups in total. The molecule has 18 heteroatoms. The van der Waals surface area contributed by atoms with Gasteiger partial charge in [0.05, 0.1) is 15.5 Å². The van der Waals surface area contributed by atoms with Crippen LogP contribution in [0.1, 0.15) is 0 Å². The molecule has 13 nitrogen and oxygen atoms in total. The summed E-state index contributed by atoms with van der Waals surface area (Å²) in [6, 6.07) is 6.22. The smallest absolute Gasteiger partial charge is 0.744 e. The van der Waals surface area contributed by atoms with E-state index in [4.69, 9.17) is 5.73 Å². The number of rotatable bonds is 5. The molecule has 0 heterocycles. The number of nitrogen functional groups attached to an aromatic ring is 1. The molecule has 0 aliphatic rings. The minimum atomic E-state index is -5.04. The summed E-state index contributed by atoms with van der Waals surface area (Å²) < 4.78 is 99.9. The molecule has 3 rings (SSSR count). The molecule has 34 heavy (non-hydrogen) atoms. The summed E-state index contributed by atoms with van der Waals surface area (Å²) in [4.78, 5) is -2.34. The van der Waals surface area contributed by atoms with Gasteiger partial charge >= 0.3 is 59.1 Å². The molecular weight excluding hydrogens is 536 g/mol. The van der Waals surface area contributed by atoms with Crippen molar-refractivity contribution in [2.45, 2.75) is 14.7 Å². The van der Waals surface area contributed by atoms with Crippen molar-refractivity contribution in [1.82, 2.24) is 0 Å². The number of hydrogen-bond donors (Lipinski definition) is 3. The van der Waals surface area contributed by atoms with Crippen LogP contribution in [0.25, 0.3) is 10.8 Å². The molecule has 0 fully saturated rings. The van der Waals surface area contributed by atoms with E-state index in [-0.39, 0.29) is 75.6 Å². The monoisotopic (exact) mass is 547 g/mol. The summed E-state index contributed by atoms with van der Waals surface area (Å²) in [7, 11) is -14.7. The number of aromatic hydroxyl groups is 1. The SMILES string of the molecule is Nc1cc(S(=O)(=O)[O-])cc2cc(S(=O)(=O)O)c(N=Nc3ccc(S(=O)(=O)[O-])cc3)c(O)c12.[Na+].[Na+]. The van der Waals surface area contributed by atoms with Gasteiger partial charge in [0, 0.05) is 11.1 Å². The van der Waals surface area contributed by atoms with Gasteiger partial charge in [-0.3, -0.25) is 4.55 Å². The van der Waals surface area contributed by atoms with Crippen molar-refractivity contribution in [1.29, 1.82) is 0 Å². The molecule has 0 atom stereocenters. The maximum Gasteiger partial charge on any atom is 1.00 e. The van der Waals surface area contributed by atoms with Gasteiger partial charge in [0.15, 0.2) is 5.75 Å². The second kappa shape index (κ2) is 10.9. The fourth-order valence-corrected chi connectivity index (χ4v) is 4.39. The average molecular weight is 547 g/mol.